The Morgan fingerprint density at radius 3 is 2.31 bits per heavy atom. The minimum absolute atomic E-state index is 0.216. The van der Waals surface area contributed by atoms with Gasteiger partial charge in [-0.2, -0.15) is 0 Å². The lowest BCUT2D eigenvalue weighted by Crippen LogP contribution is -2.36. The van der Waals surface area contributed by atoms with Gasteiger partial charge in [-0.1, -0.05) is 0 Å². The average molecular weight is 204 g/mol. The Labute approximate surface area is 79.1 Å². The maximum Gasteiger partial charge on any atom is 0.214 e. The van der Waals surface area contributed by atoms with Gasteiger partial charge in [0.1, 0.15) is 0 Å². The zero-order valence-electron chi connectivity index (χ0n) is 7.95. The Morgan fingerprint density at radius 1 is 1.31 bits per heavy atom. The molecule has 2 rings (SSSR count). The van der Waals surface area contributed by atoms with Crippen molar-refractivity contribution in [3.05, 3.63) is 0 Å². The lowest BCUT2D eigenvalue weighted by Gasteiger charge is -2.10. The predicted molar refractivity (Wildman–Crippen MR) is 50.8 cm³/mol. The van der Waals surface area contributed by atoms with E-state index in [0.717, 1.165) is 13.1 Å². The van der Waals surface area contributed by atoms with E-state index < -0.39 is 10.0 Å². The first-order valence-electron chi connectivity index (χ1n) is 4.74. The molecule has 0 radical (unpaired) electrons. The highest BCUT2D eigenvalue weighted by Gasteiger charge is 2.54. The van der Waals surface area contributed by atoms with Crippen LogP contribution in [0.3, 0.4) is 0 Å². The fraction of sp³-hybridized carbons (Fsp3) is 1.00. The summed E-state index contributed by atoms with van der Waals surface area (Å²) in [7, 11) is -3.05. The first-order valence-corrected chi connectivity index (χ1v) is 6.29. The largest absolute Gasteiger partial charge is 0.316 e. The van der Waals surface area contributed by atoms with Crippen molar-refractivity contribution in [1.29, 1.82) is 0 Å². The van der Waals surface area contributed by atoms with Crippen LogP contribution in [0.25, 0.3) is 0 Å². The zero-order chi connectivity index (χ0) is 9.64. The van der Waals surface area contributed by atoms with Crippen molar-refractivity contribution in [3.63, 3.8) is 0 Å². The van der Waals surface area contributed by atoms with Crippen LogP contribution in [0.2, 0.25) is 0 Å². The van der Waals surface area contributed by atoms with Crippen molar-refractivity contribution >= 4 is 10.0 Å². The molecule has 2 fully saturated rings. The molecule has 3 atom stereocenters. The third kappa shape index (κ3) is 1.60. The third-order valence-corrected chi connectivity index (χ3v) is 4.85. The van der Waals surface area contributed by atoms with Crippen LogP contribution in [0.5, 0.6) is 0 Å². The summed E-state index contributed by atoms with van der Waals surface area (Å²) in [5, 5.41) is 2.91. The minimum Gasteiger partial charge on any atom is -0.316 e. The first-order chi connectivity index (χ1) is 6.02. The molecule has 1 saturated carbocycles. The van der Waals surface area contributed by atoms with E-state index in [2.05, 4.69) is 10.0 Å². The molecule has 1 heterocycles. The van der Waals surface area contributed by atoms with Gasteiger partial charge in [-0.3, -0.25) is 0 Å². The molecular weight excluding hydrogens is 188 g/mol. The summed E-state index contributed by atoms with van der Waals surface area (Å²) in [4.78, 5) is 0. The Hall–Kier alpha value is -0.130. The van der Waals surface area contributed by atoms with E-state index in [-0.39, 0.29) is 11.3 Å². The second-order valence-corrected chi connectivity index (χ2v) is 6.49. The van der Waals surface area contributed by atoms with Crippen LogP contribution in [0.1, 0.15) is 13.8 Å². The van der Waals surface area contributed by atoms with Crippen molar-refractivity contribution in [2.45, 2.75) is 25.1 Å². The van der Waals surface area contributed by atoms with Crippen LogP contribution in [-0.2, 0) is 10.0 Å². The SMILES string of the molecule is CC(C)S(=O)(=O)N[C@H]1[C@@H]2CNC[C@@H]21. The Morgan fingerprint density at radius 2 is 1.85 bits per heavy atom. The monoisotopic (exact) mass is 204 g/mol. The second kappa shape index (κ2) is 2.93. The lowest BCUT2D eigenvalue weighted by atomic mass is 10.4. The van der Waals surface area contributed by atoms with Crippen molar-refractivity contribution < 1.29 is 8.42 Å². The van der Waals surface area contributed by atoms with E-state index in [1.165, 1.54) is 0 Å². The molecule has 5 heteroatoms. The molecule has 1 saturated heterocycles. The lowest BCUT2D eigenvalue weighted by molar-refractivity contribution is 0.557. The number of fused-ring (bicyclic) bond motifs is 1. The van der Waals surface area contributed by atoms with Gasteiger partial charge in [0.2, 0.25) is 10.0 Å². The van der Waals surface area contributed by atoms with Crippen LogP contribution in [0.4, 0.5) is 0 Å². The van der Waals surface area contributed by atoms with Gasteiger partial charge < -0.3 is 5.32 Å². The summed E-state index contributed by atoms with van der Waals surface area (Å²) < 4.78 is 25.7. The molecule has 13 heavy (non-hydrogen) atoms. The molecule has 4 nitrogen and oxygen atoms in total. The number of rotatable bonds is 3. The van der Waals surface area contributed by atoms with Crippen LogP contribution in [0.15, 0.2) is 0 Å². The number of piperidine rings is 1. The van der Waals surface area contributed by atoms with E-state index in [4.69, 9.17) is 0 Å². The van der Waals surface area contributed by atoms with E-state index in [0.29, 0.717) is 11.8 Å². The standard InChI is InChI=1S/C8H16N2O2S/c1-5(2)13(11,12)10-8-6-3-9-4-7(6)8/h5-10H,3-4H2,1-2H3/t6-,7+,8+. The summed E-state index contributed by atoms with van der Waals surface area (Å²) in [6.45, 7) is 5.35. The van der Waals surface area contributed by atoms with Crippen LogP contribution < -0.4 is 10.0 Å². The Kier molecular flexibility index (Phi) is 2.13. The van der Waals surface area contributed by atoms with Crippen molar-refractivity contribution in [3.8, 4) is 0 Å². The van der Waals surface area contributed by atoms with Crippen LogP contribution >= 0.6 is 0 Å². The van der Waals surface area contributed by atoms with Gasteiger partial charge in [-0.15, -0.1) is 0 Å². The Balaban J connectivity index is 1.94. The second-order valence-electron chi connectivity index (χ2n) is 4.22. The van der Waals surface area contributed by atoms with Gasteiger partial charge in [0.15, 0.2) is 0 Å². The number of hydrogen-bond acceptors (Lipinski definition) is 3. The van der Waals surface area contributed by atoms with E-state index in [1.54, 1.807) is 13.8 Å². The van der Waals surface area contributed by atoms with Crippen molar-refractivity contribution in [2.24, 2.45) is 11.8 Å². The van der Waals surface area contributed by atoms with E-state index in [9.17, 15) is 8.42 Å². The molecule has 0 aromatic heterocycles. The van der Waals surface area contributed by atoms with Crippen LogP contribution in [0, 0.1) is 11.8 Å². The third-order valence-electron chi connectivity index (χ3n) is 3.01. The molecule has 1 aliphatic heterocycles. The first kappa shape index (κ1) is 9.43. The highest BCUT2D eigenvalue weighted by atomic mass is 32.2. The topological polar surface area (TPSA) is 58.2 Å². The van der Waals surface area contributed by atoms with Gasteiger partial charge in [-0.25, -0.2) is 13.1 Å². The fourth-order valence-corrected chi connectivity index (χ4v) is 2.92. The smallest absolute Gasteiger partial charge is 0.214 e. The minimum atomic E-state index is -3.05. The molecule has 1 aliphatic carbocycles. The van der Waals surface area contributed by atoms with Crippen molar-refractivity contribution in [1.82, 2.24) is 10.0 Å². The molecule has 0 amide bonds. The maximum absolute atomic E-state index is 11.5. The molecule has 2 aliphatic rings. The Bertz CT molecular complexity index is 289. The summed E-state index contributed by atoms with van der Waals surface area (Å²) in [6.07, 6.45) is 0. The van der Waals surface area contributed by atoms with Crippen molar-refractivity contribution in [2.75, 3.05) is 13.1 Å². The van der Waals surface area contributed by atoms with E-state index in [1.807, 2.05) is 0 Å². The van der Waals surface area contributed by atoms with Gasteiger partial charge in [0, 0.05) is 6.04 Å². The summed E-state index contributed by atoms with van der Waals surface area (Å²) in [5.74, 6) is 1.10. The summed E-state index contributed by atoms with van der Waals surface area (Å²) in [5.41, 5.74) is 0. The normalized spacial score (nSPS) is 37.9. The van der Waals surface area contributed by atoms with Gasteiger partial charge in [0.05, 0.1) is 5.25 Å². The number of hydrogen-bond donors (Lipinski definition) is 2. The quantitative estimate of drug-likeness (QED) is 0.653. The van der Waals surface area contributed by atoms with Gasteiger partial charge in [-0.05, 0) is 38.8 Å². The highest BCUT2D eigenvalue weighted by Crippen LogP contribution is 2.42. The summed E-state index contributed by atoms with van der Waals surface area (Å²) >= 11 is 0. The molecule has 0 aromatic rings. The molecule has 0 spiro atoms. The molecule has 0 aromatic carbocycles. The molecule has 2 N–H and O–H groups in total. The molecule has 0 bridgehead atoms. The summed E-state index contributed by atoms with van der Waals surface area (Å²) in [6, 6.07) is 0.216. The predicted octanol–water partition coefficient (Wildman–Crippen LogP) is -0.468. The van der Waals surface area contributed by atoms with Gasteiger partial charge in [0.25, 0.3) is 0 Å². The number of sulfonamides is 1. The zero-order valence-corrected chi connectivity index (χ0v) is 8.76. The average Bonchev–Trinajstić information content (AvgIpc) is 2.49. The fourth-order valence-electron chi connectivity index (χ4n) is 1.92. The molecule has 0 unspecified atom stereocenters. The maximum atomic E-state index is 11.5. The highest BCUT2D eigenvalue weighted by molar-refractivity contribution is 7.90. The van der Waals surface area contributed by atoms with Crippen LogP contribution in [-0.4, -0.2) is 32.8 Å². The molecular formula is C8H16N2O2S. The molecule has 76 valence electrons. The number of nitrogens with one attached hydrogen (secondary N) is 2. The van der Waals surface area contributed by atoms with E-state index >= 15 is 0 Å². The van der Waals surface area contributed by atoms with Gasteiger partial charge >= 0.3 is 0 Å².